The zero-order valence-electron chi connectivity index (χ0n) is 15.5. The van der Waals surface area contributed by atoms with Gasteiger partial charge in [-0.15, -0.1) is 10.2 Å². The molecule has 1 amide bonds. The number of anilines is 1. The average Bonchev–Trinajstić information content (AvgIpc) is 3.44. The molecule has 7 heteroatoms. The molecule has 29 heavy (non-hydrogen) atoms. The number of ether oxygens (including phenoxy) is 1. The Morgan fingerprint density at radius 3 is 2.72 bits per heavy atom. The Balaban J connectivity index is 1.48. The number of carbonyl (C=O) groups excluding carboxylic acids is 1. The average molecular weight is 387 g/mol. The van der Waals surface area contributed by atoms with Crippen LogP contribution in [0.2, 0.25) is 0 Å². The second-order valence-corrected chi connectivity index (χ2v) is 6.04. The van der Waals surface area contributed by atoms with Crippen molar-refractivity contribution in [2.24, 2.45) is 0 Å². The van der Waals surface area contributed by atoms with Crippen LogP contribution in [0, 0.1) is 0 Å². The Morgan fingerprint density at radius 2 is 1.90 bits per heavy atom. The van der Waals surface area contributed by atoms with Crippen LogP contribution in [0.5, 0.6) is 5.75 Å². The minimum Gasteiger partial charge on any atom is -0.496 e. The SMILES string of the molecule is COc1ccccc1/C=C/C(=O)Nc1cccc(-c2nnc(-c3ccco3)o2)c1. The number of carbonyl (C=O) groups is 1. The van der Waals surface area contributed by atoms with Crippen molar-refractivity contribution in [3.05, 3.63) is 78.6 Å². The molecule has 144 valence electrons. The molecular weight excluding hydrogens is 370 g/mol. The standard InChI is InChI=1S/C22H17N3O4/c1-27-18-9-3-2-6-15(18)11-12-20(26)23-17-8-4-7-16(14-17)21-24-25-22(29-21)19-10-5-13-28-19/h2-14H,1H3,(H,23,26)/b12-11+. The lowest BCUT2D eigenvalue weighted by molar-refractivity contribution is -0.111. The van der Waals surface area contributed by atoms with Gasteiger partial charge < -0.3 is 18.9 Å². The Morgan fingerprint density at radius 1 is 1.03 bits per heavy atom. The fourth-order valence-corrected chi connectivity index (χ4v) is 2.72. The van der Waals surface area contributed by atoms with Crippen molar-refractivity contribution in [3.63, 3.8) is 0 Å². The maximum absolute atomic E-state index is 12.3. The van der Waals surface area contributed by atoms with Gasteiger partial charge in [-0.2, -0.15) is 0 Å². The summed E-state index contributed by atoms with van der Waals surface area (Å²) in [6, 6.07) is 18.1. The third-order valence-electron chi connectivity index (χ3n) is 4.09. The summed E-state index contributed by atoms with van der Waals surface area (Å²) >= 11 is 0. The highest BCUT2D eigenvalue weighted by Crippen LogP contribution is 2.26. The van der Waals surface area contributed by atoms with Crippen LogP contribution >= 0.6 is 0 Å². The molecule has 0 radical (unpaired) electrons. The van der Waals surface area contributed by atoms with Gasteiger partial charge in [0.2, 0.25) is 11.8 Å². The van der Waals surface area contributed by atoms with Gasteiger partial charge in [0.05, 0.1) is 13.4 Å². The highest BCUT2D eigenvalue weighted by atomic mass is 16.5. The number of furan rings is 1. The molecule has 1 N–H and O–H groups in total. The molecule has 2 heterocycles. The van der Waals surface area contributed by atoms with Gasteiger partial charge >= 0.3 is 0 Å². The molecule has 0 saturated heterocycles. The number of hydrogen-bond acceptors (Lipinski definition) is 6. The molecule has 4 rings (SSSR count). The lowest BCUT2D eigenvalue weighted by Gasteiger charge is -2.05. The second kappa shape index (κ2) is 8.26. The van der Waals surface area contributed by atoms with Gasteiger partial charge in [-0.05, 0) is 42.5 Å². The molecule has 0 spiro atoms. The Hall–Kier alpha value is -4.13. The fraction of sp³-hybridized carbons (Fsp3) is 0.0455. The highest BCUT2D eigenvalue weighted by Gasteiger charge is 2.13. The number of methoxy groups -OCH3 is 1. The van der Waals surface area contributed by atoms with E-state index in [9.17, 15) is 4.79 Å². The summed E-state index contributed by atoms with van der Waals surface area (Å²) in [5.74, 6) is 1.54. The molecule has 0 unspecified atom stereocenters. The Labute approximate surface area is 166 Å². The minimum absolute atomic E-state index is 0.269. The normalized spacial score (nSPS) is 10.9. The van der Waals surface area contributed by atoms with Crippen molar-refractivity contribution in [2.75, 3.05) is 12.4 Å². The summed E-state index contributed by atoms with van der Waals surface area (Å²) in [7, 11) is 1.59. The molecule has 2 aromatic heterocycles. The number of hydrogen-bond donors (Lipinski definition) is 1. The number of rotatable bonds is 6. The number of aromatic nitrogens is 2. The van der Waals surface area contributed by atoms with E-state index in [0.29, 0.717) is 34.5 Å². The lowest BCUT2D eigenvalue weighted by Crippen LogP contribution is -2.07. The summed E-state index contributed by atoms with van der Waals surface area (Å²) < 4.78 is 16.2. The fourth-order valence-electron chi connectivity index (χ4n) is 2.72. The Kier molecular flexibility index (Phi) is 5.20. The first-order chi connectivity index (χ1) is 14.2. The van der Waals surface area contributed by atoms with Crippen LogP contribution in [0.4, 0.5) is 5.69 Å². The number of amides is 1. The number of benzene rings is 2. The van der Waals surface area contributed by atoms with Gasteiger partial charge in [0.1, 0.15) is 5.75 Å². The molecule has 0 saturated carbocycles. The number of nitrogens with zero attached hydrogens (tertiary/aromatic N) is 2. The van der Waals surface area contributed by atoms with Crippen LogP contribution in [-0.2, 0) is 4.79 Å². The van der Waals surface area contributed by atoms with Crippen LogP contribution < -0.4 is 10.1 Å². The van der Waals surface area contributed by atoms with Crippen molar-refractivity contribution >= 4 is 17.7 Å². The van der Waals surface area contributed by atoms with E-state index in [-0.39, 0.29) is 5.91 Å². The van der Waals surface area contributed by atoms with Crippen molar-refractivity contribution in [3.8, 4) is 28.9 Å². The molecule has 0 aliphatic heterocycles. The first-order valence-electron chi connectivity index (χ1n) is 8.83. The van der Waals surface area contributed by atoms with Crippen LogP contribution in [0.1, 0.15) is 5.56 Å². The van der Waals surface area contributed by atoms with E-state index in [2.05, 4.69) is 15.5 Å². The largest absolute Gasteiger partial charge is 0.496 e. The van der Waals surface area contributed by atoms with Crippen molar-refractivity contribution < 1.29 is 18.4 Å². The van der Waals surface area contributed by atoms with Gasteiger partial charge in [0.15, 0.2) is 5.76 Å². The molecule has 0 bridgehead atoms. The highest BCUT2D eigenvalue weighted by molar-refractivity contribution is 6.02. The summed E-state index contributed by atoms with van der Waals surface area (Å²) in [4.78, 5) is 12.3. The molecule has 0 aliphatic rings. The maximum atomic E-state index is 12.3. The maximum Gasteiger partial charge on any atom is 0.283 e. The van der Waals surface area contributed by atoms with Gasteiger partial charge in [-0.25, -0.2) is 0 Å². The van der Waals surface area contributed by atoms with E-state index in [0.717, 1.165) is 5.56 Å². The topological polar surface area (TPSA) is 90.4 Å². The second-order valence-electron chi connectivity index (χ2n) is 6.04. The predicted molar refractivity (Wildman–Crippen MR) is 108 cm³/mol. The van der Waals surface area contributed by atoms with Crippen molar-refractivity contribution in [1.82, 2.24) is 10.2 Å². The van der Waals surface area contributed by atoms with E-state index in [1.807, 2.05) is 30.3 Å². The zero-order valence-corrected chi connectivity index (χ0v) is 15.5. The summed E-state index contributed by atoms with van der Waals surface area (Å²) in [5.41, 5.74) is 2.10. The first-order valence-corrected chi connectivity index (χ1v) is 8.83. The first kappa shape index (κ1) is 18.2. The minimum atomic E-state index is -0.269. The molecule has 4 aromatic rings. The smallest absolute Gasteiger partial charge is 0.283 e. The molecule has 0 aliphatic carbocycles. The van der Waals surface area contributed by atoms with Gasteiger partial charge in [0.25, 0.3) is 5.89 Å². The number of para-hydroxylation sites is 1. The lowest BCUT2D eigenvalue weighted by atomic mass is 10.2. The monoisotopic (exact) mass is 387 g/mol. The van der Waals surface area contributed by atoms with Gasteiger partial charge in [-0.3, -0.25) is 4.79 Å². The molecule has 2 aromatic carbocycles. The van der Waals surface area contributed by atoms with Crippen molar-refractivity contribution in [2.45, 2.75) is 0 Å². The molecule has 0 atom stereocenters. The van der Waals surface area contributed by atoms with Gasteiger partial charge in [0, 0.05) is 22.9 Å². The molecular formula is C22H17N3O4. The van der Waals surface area contributed by atoms with E-state index >= 15 is 0 Å². The van der Waals surface area contributed by atoms with Crippen LogP contribution in [0.3, 0.4) is 0 Å². The van der Waals surface area contributed by atoms with Gasteiger partial charge in [-0.1, -0.05) is 24.3 Å². The van der Waals surface area contributed by atoms with Crippen molar-refractivity contribution in [1.29, 1.82) is 0 Å². The molecule has 7 nitrogen and oxygen atoms in total. The quantitative estimate of drug-likeness (QED) is 0.484. The summed E-state index contributed by atoms with van der Waals surface area (Å²) in [5, 5.41) is 10.8. The summed E-state index contributed by atoms with van der Waals surface area (Å²) in [6.07, 6.45) is 4.69. The predicted octanol–water partition coefficient (Wildman–Crippen LogP) is 4.66. The summed E-state index contributed by atoms with van der Waals surface area (Å²) in [6.45, 7) is 0. The Bertz CT molecular complexity index is 1150. The number of nitrogens with one attached hydrogen (secondary N) is 1. The van der Waals surface area contributed by atoms with Crippen LogP contribution in [0.25, 0.3) is 29.2 Å². The zero-order chi connectivity index (χ0) is 20.1. The molecule has 0 fully saturated rings. The van der Waals surface area contributed by atoms with E-state index in [1.165, 1.54) is 12.3 Å². The third-order valence-corrected chi connectivity index (χ3v) is 4.09. The van der Waals surface area contributed by atoms with E-state index in [4.69, 9.17) is 13.6 Å². The van der Waals surface area contributed by atoms with E-state index in [1.54, 1.807) is 43.5 Å². The van der Waals surface area contributed by atoms with Crippen LogP contribution in [-0.4, -0.2) is 23.2 Å². The van der Waals surface area contributed by atoms with E-state index < -0.39 is 0 Å². The third kappa shape index (κ3) is 4.24. The van der Waals surface area contributed by atoms with Crippen LogP contribution in [0.15, 0.2) is 81.8 Å².